The molecule has 0 rings (SSSR count). The first-order valence-electron chi connectivity index (χ1n) is 3.09. The van der Waals surface area contributed by atoms with E-state index in [0.29, 0.717) is 6.16 Å². The molecule has 7 heteroatoms. The van der Waals surface area contributed by atoms with Crippen molar-refractivity contribution in [1.29, 1.82) is 0 Å². The van der Waals surface area contributed by atoms with Crippen LogP contribution in [0, 0.1) is 0 Å². The van der Waals surface area contributed by atoms with Crippen LogP contribution in [0.3, 0.4) is 0 Å². The monoisotopic (exact) mass is 202 g/mol. The molecule has 0 aromatic carbocycles. The lowest BCUT2D eigenvalue weighted by Crippen LogP contribution is -2.06. The number of rotatable bonds is 5. The largest absolute Gasteiger partial charge is 0.397 e. The molecule has 68 valence electrons. The minimum Gasteiger partial charge on any atom is -0.327 e. The Morgan fingerprint density at radius 3 is 2.45 bits per heavy atom. The fraction of sp³-hybridized carbons (Fsp3) is 1.00. The molecule has 1 unspecified atom stereocenters. The second-order valence-electron chi connectivity index (χ2n) is 1.89. The van der Waals surface area contributed by atoms with E-state index in [1.807, 2.05) is 0 Å². The normalized spacial score (nSPS) is 14.7. The Labute approximate surface area is 66.5 Å². The predicted octanol–water partition coefficient (Wildman–Crippen LogP) is 0.385. The zero-order valence-corrected chi connectivity index (χ0v) is 7.93. The van der Waals surface area contributed by atoms with Crippen molar-refractivity contribution >= 4 is 18.2 Å². The van der Waals surface area contributed by atoms with Crippen molar-refractivity contribution < 1.29 is 21.7 Å². The van der Waals surface area contributed by atoms with Gasteiger partial charge in [-0.3, -0.25) is 4.55 Å². The van der Waals surface area contributed by atoms with Crippen LogP contribution >= 0.6 is 7.80 Å². The molecule has 0 saturated heterocycles. The Morgan fingerprint density at radius 1 is 1.55 bits per heavy atom. The van der Waals surface area contributed by atoms with Gasteiger partial charge in [-0.05, 0) is 6.16 Å². The van der Waals surface area contributed by atoms with E-state index in [1.54, 1.807) is 6.92 Å². The average Bonchev–Trinajstić information content (AvgIpc) is 1.85. The quantitative estimate of drug-likeness (QED) is 0.515. The van der Waals surface area contributed by atoms with E-state index in [4.69, 9.17) is 4.55 Å². The van der Waals surface area contributed by atoms with Crippen molar-refractivity contribution in [1.82, 2.24) is 0 Å². The predicted molar refractivity (Wildman–Crippen MR) is 41.9 cm³/mol. The van der Waals surface area contributed by atoms with Gasteiger partial charge in [0.1, 0.15) is 0 Å². The van der Waals surface area contributed by atoms with Crippen LogP contribution in [0.25, 0.3) is 0 Å². The van der Waals surface area contributed by atoms with Crippen LogP contribution in [0.4, 0.5) is 0 Å². The van der Waals surface area contributed by atoms with E-state index in [0.717, 1.165) is 0 Å². The molecule has 0 amide bonds. The summed E-state index contributed by atoms with van der Waals surface area (Å²) in [6.07, 6.45) is 0.723. The van der Waals surface area contributed by atoms with Crippen LogP contribution in [-0.2, 0) is 19.1 Å². The molecule has 0 heterocycles. The molecule has 0 aromatic heterocycles. The van der Waals surface area contributed by atoms with E-state index >= 15 is 0 Å². The van der Waals surface area contributed by atoms with Crippen LogP contribution in [0.2, 0.25) is 0 Å². The Balaban J connectivity index is 3.51. The van der Waals surface area contributed by atoms with E-state index < -0.39 is 18.2 Å². The van der Waals surface area contributed by atoms with Gasteiger partial charge in [0, 0.05) is 6.16 Å². The topological polar surface area (TPSA) is 80.7 Å². The van der Waals surface area contributed by atoms with Crippen LogP contribution < -0.4 is 0 Å². The lowest BCUT2D eigenvalue weighted by atomic mass is 10.9. The van der Waals surface area contributed by atoms with E-state index in [9.17, 15) is 13.0 Å². The SMILES string of the molecule is CC[PH](=O)CCOS(=O)(=O)O. The first-order valence-corrected chi connectivity index (χ1v) is 6.28. The molecular formula is C4H11O5PS. The van der Waals surface area contributed by atoms with Crippen LogP contribution in [-0.4, -0.2) is 31.9 Å². The summed E-state index contributed by atoms with van der Waals surface area (Å²) >= 11 is 0. The summed E-state index contributed by atoms with van der Waals surface area (Å²) in [5.41, 5.74) is 0. The van der Waals surface area contributed by atoms with Gasteiger partial charge in [-0.1, -0.05) is 6.92 Å². The molecular weight excluding hydrogens is 191 g/mol. The van der Waals surface area contributed by atoms with Gasteiger partial charge >= 0.3 is 10.4 Å². The zero-order chi connectivity index (χ0) is 8.91. The maximum atomic E-state index is 10.7. The highest BCUT2D eigenvalue weighted by Gasteiger charge is 2.04. The van der Waals surface area contributed by atoms with Crippen LogP contribution in [0.1, 0.15) is 6.92 Å². The highest BCUT2D eigenvalue weighted by Crippen LogP contribution is 2.17. The van der Waals surface area contributed by atoms with Crippen LogP contribution in [0.15, 0.2) is 0 Å². The molecule has 0 aliphatic heterocycles. The molecule has 0 aliphatic carbocycles. The summed E-state index contributed by atoms with van der Waals surface area (Å²) in [4.78, 5) is 0. The minimum atomic E-state index is -4.35. The molecule has 11 heavy (non-hydrogen) atoms. The van der Waals surface area contributed by atoms with E-state index in [-0.39, 0.29) is 12.8 Å². The molecule has 0 fully saturated rings. The highest BCUT2D eigenvalue weighted by atomic mass is 32.3. The lowest BCUT2D eigenvalue weighted by Gasteiger charge is -1.97. The lowest BCUT2D eigenvalue weighted by molar-refractivity contribution is 0.284. The van der Waals surface area contributed by atoms with E-state index in [2.05, 4.69) is 4.18 Å². The van der Waals surface area contributed by atoms with Gasteiger partial charge in [-0.25, -0.2) is 4.18 Å². The maximum absolute atomic E-state index is 10.7. The summed E-state index contributed by atoms with van der Waals surface area (Å²) < 4.78 is 42.6. The van der Waals surface area contributed by atoms with Crippen molar-refractivity contribution in [2.45, 2.75) is 6.92 Å². The molecule has 0 spiro atoms. The van der Waals surface area contributed by atoms with Crippen molar-refractivity contribution in [3.05, 3.63) is 0 Å². The van der Waals surface area contributed by atoms with Gasteiger partial charge in [0.2, 0.25) is 0 Å². The van der Waals surface area contributed by atoms with Gasteiger partial charge in [0.05, 0.1) is 14.4 Å². The molecule has 0 aromatic rings. The van der Waals surface area contributed by atoms with Gasteiger partial charge < -0.3 is 4.57 Å². The van der Waals surface area contributed by atoms with Gasteiger partial charge in [0.25, 0.3) is 0 Å². The highest BCUT2D eigenvalue weighted by molar-refractivity contribution is 7.80. The summed E-state index contributed by atoms with van der Waals surface area (Å²) in [6.45, 7) is 1.54. The third-order valence-corrected chi connectivity index (χ3v) is 3.02. The minimum absolute atomic E-state index is 0.195. The standard InChI is InChI=1S/C4H11O5PS/c1-2-10(5)4-3-9-11(6,7)8/h10H,2-4H2,1H3,(H,6,7,8). The Kier molecular flexibility index (Phi) is 4.92. The fourth-order valence-electron chi connectivity index (χ4n) is 0.438. The number of hydrogen-bond acceptors (Lipinski definition) is 4. The third-order valence-electron chi connectivity index (χ3n) is 1.01. The average molecular weight is 202 g/mol. The van der Waals surface area contributed by atoms with E-state index in [1.165, 1.54) is 0 Å². The number of hydrogen-bond donors (Lipinski definition) is 1. The molecule has 1 N–H and O–H groups in total. The van der Waals surface area contributed by atoms with Crippen molar-refractivity contribution in [3.8, 4) is 0 Å². The van der Waals surface area contributed by atoms with Gasteiger partial charge in [-0.2, -0.15) is 8.42 Å². The summed E-state index contributed by atoms with van der Waals surface area (Å²) in [6, 6.07) is 0. The summed E-state index contributed by atoms with van der Waals surface area (Å²) in [5, 5.41) is 0. The molecule has 0 aliphatic rings. The van der Waals surface area contributed by atoms with Gasteiger partial charge in [0.15, 0.2) is 0 Å². The first kappa shape index (κ1) is 11.1. The molecule has 0 saturated carbocycles. The molecule has 0 bridgehead atoms. The maximum Gasteiger partial charge on any atom is 0.397 e. The first-order chi connectivity index (χ1) is 4.95. The summed E-state index contributed by atoms with van der Waals surface area (Å²) in [7, 11) is -6.05. The molecule has 0 radical (unpaired) electrons. The summed E-state index contributed by atoms with van der Waals surface area (Å²) in [5.74, 6) is 0. The Morgan fingerprint density at radius 2 is 2.09 bits per heavy atom. The van der Waals surface area contributed by atoms with Crippen molar-refractivity contribution in [3.63, 3.8) is 0 Å². The third kappa shape index (κ3) is 8.00. The van der Waals surface area contributed by atoms with Crippen LogP contribution in [0.5, 0.6) is 0 Å². The fourth-order valence-corrected chi connectivity index (χ4v) is 1.56. The van der Waals surface area contributed by atoms with Gasteiger partial charge in [-0.15, -0.1) is 0 Å². The Hall–Kier alpha value is 0.1000. The Bertz CT molecular complexity index is 221. The zero-order valence-electron chi connectivity index (χ0n) is 6.11. The van der Waals surface area contributed by atoms with Crippen molar-refractivity contribution in [2.24, 2.45) is 0 Å². The second kappa shape index (κ2) is 4.87. The molecule has 5 nitrogen and oxygen atoms in total. The smallest absolute Gasteiger partial charge is 0.327 e. The second-order valence-corrected chi connectivity index (χ2v) is 5.27. The molecule has 1 atom stereocenters. The van der Waals surface area contributed by atoms with Crippen molar-refractivity contribution in [2.75, 3.05) is 18.9 Å².